The Kier molecular flexibility index (Phi) is 5.80. The van der Waals surface area contributed by atoms with Gasteiger partial charge in [0.25, 0.3) is 0 Å². The first-order valence-electron chi connectivity index (χ1n) is 6.56. The number of rotatable bonds is 3. The smallest absolute Gasteiger partial charge is 0.394 e. The average Bonchev–Trinajstić information content (AvgIpc) is 2.43. The molecule has 0 bridgehead atoms. The number of carbonyl (C=O) groups excluding carboxylic acids is 1. The van der Waals surface area contributed by atoms with E-state index in [0.717, 1.165) is 0 Å². The molecule has 1 rings (SSSR count). The fraction of sp³-hybridized carbons (Fsp3) is 0.500. The van der Waals surface area contributed by atoms with E-state index in [1.807, 2.05) is 0 Å². The van der Waals surface area contributed by atoms with Crippen LogP contribution in [-0.2, 0) is 12.4 Å². The number of pyridine rings is 1. The van der Waals surface area contributed by atoms with Gasteiger partial charge in [-0.25, -0.2) is 9.78 Å². The molecule has 154 valence electrons. The summed E-state index contributed by atoms with van der Waals surface area (Å²) < 4.78 is 118. The van der Waals surface area contributed by atoms with Crippen LogP contribution in [0.2, 0.25) is 0 Å². The number of nitrogen functional groups attached to an aromatic ring is 1. The van der Waals surface area contributed by atoms with E-state index in [9.17, 15) is 44.3 Å². The third-order valence-electron chi connectivity index (χ3n) is 2.97. The largest absolute Gasteiger partial charge is 0.434 e. The van der Waals surface area contributed by atoms with Gasteiger partial charge in [-0.2, -0.15) is 39.5 Å². The number of halogens is 9. The van der Waals surface area contributed by atoms with Crippen molar-refractivity contribution in [1.29, 1.82) is 0 Å². The lowest BCUT2D eigenvalue weighted by Crippen LogP contribution is -2.51. The lowest BCUT2D eigenvalue weighted by atomic mass is 10.1. The van der Waals surface area contributed by atoms with Gasteiger partial charge in [-0.05, 0) is 13.0 Å². The standard InChI is InChI=1S/C12H10F9N3O3/c1-9(26,12(19,20)21)3-23-8(25)27-7-5(22)2-4(10(13,14)15)6(24-7)11(16,17)18/h2,26H,3,22H2,1H3,(H,23,25)/t9-/m1/s1. The Morgan fingerprint density at radius 2 is 1.67 bits per heavy atom. The maximum absolute atomic E-state index is 12.7. The van der Waals surface area contributed by atoms with Gasteiger partial charge in [-0.15, -0.1) is 0 Å². The second kappa shape index (κ2) is 6.94. The van der Waals surface area contributed by atoms with Gasteiger partial charge in [0.1, 0.15) is 0 Å². The third kappa shape index (κ3) is 5.51. The molecule has 4 N–H and O–H groups in total. The predicted molar refractivity (Wildman–Crippen MR) is 69.4 cm³/mol. The highest BCUT2D eigenvalue weighted by Gasteiger charge is 2.50. The topological polar surface area (TPSA) is 97.5 Å². The Balaban J connectivity index is 3.10. The molecule has 0 saturated heterocycles. The fourth-order valence-electron chi connectivity index (χ4n) is 1.49. The van der Waals surface area contributed by atoms with E-state index in [2.05, 4.69) is 9.72 Å². The van der Waals surface area contributed by atoms with Crippen LogP contribution in [0.4, 0.5) is 50.0 Å². The molecule has 1 atom stereocenters. The van der Waals surface area contributed by atoms with Gasteiger partial charge in [0.05, 0.1) is 17.8 Å². The van der Waals surface area contributed by atoms with E-state index in [4.69, 9.17) is 10.8 Å². The number of aliphatic hydroxyl groups is 1. The number of carbonyl (C=O) groups is 1. The van der Waals surface area contributed by atoms with Crippen LogP contribution in [0, 0.1) is 0 Å². The number of amides is 1. The van der Waals surface area contributed by atoms with Crippen molar-refractivity contribution in [3.63, 3.8) is 0 Å². The minimum atomic E-state index is -5.60. The van der Waals surface area contributed by atoms with Crippen LogP contribution in [0.1, 0.15) is 18.2 Å². The number of nitrogens with one attached hydrogen (secondary N) is 1. The van der Waals surface area contributed by atoms with Crippen LogP contribution in [0.25, 0.3) is 0 Å². The number of hydrogen-bond acceptors (Lipinski definition) is 5. The summed E-state index contributed by atoms with van der Waals surface area (Å²) >= 11 is 0. The first-order chi connectivity index (χ1) is 11.9. The molecule has 1 heterocycles. The van der Waals surface area contributed by atoms with Crippen LogP contribution < -0.4 is 15.8 Å². The van der Waals surface area contributed by atoms with Crippen molar-refractivity contribution in [1.82, 2.24) is 10.3 Å². The molecule has 0 unspecified atom stereocenters. The Morgan fingerprint density at radius 3 is 2.07 bits per heavy atom. The van der Waals surface area contributed by atoms with Crippen molar-refractivity contribution in [2.24, 2.45) is 0 Å². The van der Waals surface area contributed by atoms with Gasteiger partial charge in [0.2, 0.25) is 5.88 Å². The molecule has 0 aliphatic carbocycles. The van der Waals surface area contributed by atoms with Gasteiger partial charge >= 0.3 is 24.6 Å². The lowest BCUT2D eigenvalue weighted by Gasteiger charge is -2.26. The highest BCUT2D eigenvalue weighted by Crippen LogP contribution is 2.41. The third-order valence-corrected chi connectivity index (χ3v) is 2.97. The zero-order valence-corrected chi connectivity index (χ0v) is 13.0. The zero-order chi connectivity index (χ0) is 21.4. The Bertz CT molecular complexity index is 711. The molecule has 15 heteroatoms. The Hall–Kier alpha value is -2.45. The summed E-state index contributed by atoms with van der Waals surface area (Å²) in [5, 5.41) is 10.5. The van der Waals surface area contributed by atoms with Crippen LogP contribution in [-0.4, -0.2) is 34.5 Å². The molecule has 0 aliphatic heterocycles. The maximum Gasteiger partial charge on any atom is 0.434 e. The number of hydrogen-bond donors (Lipinski definition) is 3. The van der Waals surface area contributed by atoms with Crippen LogP contribution in [0.3, 0.4) is 0 Å². The minimum Gasteiger partial charge on any atom is -0.394 e. The molecule has 0 radical (unpaired) electrons. The van der Waals surface area contributed by atoms with Gasteiger partial charge < -0.3 is 20.9 Å². The fourth-order valence-corrected chi connectivity index (χ4v) is 1.49. The Morgan fingerprint density at radius 1 is 1.15 bits per heavy atom. The summed E-state index contributed by atoms with van der Waals surface area (Å²) in [6, 6.07) is -0.190. The van der Waals surface area contributed by atoms with Crippen LogP contribution in [0.15, 0.2) is 6.07 Å². The van der Waals surface area contributed by atoms with E-state index in [-0.39, 0.29) is 13.0 Å². The maximum atomic E-state index is 12.7. The summed E-state index contributed by atoms with van der Waals surface area (Å²) in [7, 11) is 0. The first-order valence-corrected chi connectivity index (χ1v) is 6.56. The van der Waals surface area contributed by atoms with Gasteiger partial charge in [0, 0.05) is 0 Å². The molecule has 6 nitrogen and oxygen atoms in total. The molecule has 1 aromatic rings. The quantitative estimate of drug-likeness (QED) is 0.660. The molecule has 0 fully saturated rings. The molecular weight excluding hydrogens is 405 g/mol. The van der Waals surface area contributed by atoms with Crippen molar-refractivity contribution in [3.05, 3.63) is 17.3 Å². The lowest BCUT2D eigenvalue weighted by molar-refractivity contribution is -0.249. The first kappa shape index (κ1) is 22.6. The van der Waals surface area contributed by atoms with E-state index >= 15 is 0 Å². The van der Waals surface area contributed by atoms with E-state index in [1.54, 1.807) is 0 Å². The monoisotopic (exact) mass is 415 g/mol. The highest BCUT2D eigenvalue weighted by atomic mass is 19.4. The number of ether oxygens (including phenoxy) is 1. The SMILES string of the molecule is C[C@@](O)(CNC(=O)Oc1nc(C(F)(F)F)c(C(F)(F)F)cc1N)C(F)(F)F. The van der Waals surface area contributed by atoms with Crippen LogP contribution in [0.5, 0.6) is 5.88 Å². The highest BCUT2D eigenvalue weighted by molar-refractivity contribution is 5.72. The second-order valence-electron chi connectivity index (χ2n) is 5.29. The molecule has 0 aromatic carbocycles. The number of nitrogens with two attached hydrogens (primary N) is 1. The molecule has 0 saturated carbocycles. The average molecular weight is 415 g/mol. The summed E-state index contributed by atoms with van der Waals surface area (Å²) in [5.41, 5.74) is -4.19. The normalized spacial score (nSPS) is 15.2. The van der Waals surface area contributed by atoms with E-state index in [1.165, 1.54) is 5.32 Å². The molecule has 27 heavy (non-hydrogen) atoms. The van der Waals surface area contributed by atoms with Gasteiger partial charge in [-0.3, -0.25) is 0 Å². The predicted octanol–water partition coefficient (Wildman–Crippen LogP) is 3.10. The molecule has 0 spiro atoms. The van der Waals surface area contributed by atoms with Crippen molar-refractivity contribution >= 4 is 11.8 Å². The minimum absolute atomic E-state index is 0.190. The molecule has 1 aromatic heterocycles. The molecule has 0 aliphatic rings. The van der Waals surface area contributed by atoms with E-state index in [0.29, 0.717) is 0 Å². The van der Waals surface area contributed by atoms with Gasteiger partial charge in [0.15, 0.2) is 11.3 Å². The summed E-state index contributed by atoms with van der Waals surface area (Å²) in [5.74, 6) is -1.42. The molecular formula is C12H10F9N3O3. The van der Waals surface area contributed by atoms with Crippen LogP contribution >= 0.6 is 0 Å². The van der Waals surface area contributed by atoms with Gasteiger partial charge in [-0.1, -0.05) is 0 Å². The van der Waals surface area contributed by atoms with Crippen molar-refractivity contribution < 1.29 is 54.2 Å². The summed E-state index contributed by atoms with van der Waals surface area (Å²) in [6.07, 6.45) is -18.1. The molecule has 1 amide bonds. The van der Waals surface area contributed by atoms with Crippen molar-refractivity contribution in [2.75, 3.05) is 12.3 Å². The van der Waals surface area contributed by atoms with Crippen molar-refractivity contribution in [3.8, 4) is 5.88 Å². The summed E-state index contributed by atoms with van der Waals surface area (Å²) in [4.78, 5) is 13.9. The van der Waals surface area contributed by atoms with Crippen molar-refractivity contribution in [2.45, 2.75) is 31.1 Å². The number of nitrogens with zero attached hydrogens (tertiary/aromatic N) is 1. The number of anilines is 1. The zero-order valence-electron chi connectivity index (χ0n) is 13.0. The van der Waals surface area contributed by atoms with E-state index < -0.39 is 59.6 Å². The second-order valence-corrected chi connectivity index (χ2v) is 5.29. The number of alkyl halides is 9. The Labute approximate surface area is 144 Å². The summed E-state index contributed by atoms with van der Waals surface area (Å²) in [6.45, 7) is -1.19. The number of aromatic nitrogens is 1.